The van der Waals surface area contributed by atoms with Crippen molar-refractivity contribution in [2.45, 2.75) is 26.2 Å². The first-order valence-corrected chi connectivity index (χ1v) is 6.85. The van der Waals surface area contributed by atoms with Crippen molar-refractivity contribution in [1.29, 1.82) is 0 Å². The van der Waals surface area contributed by atoms with Gasteiger partial charge in [-0.15, -0.1) is 0 Å². The van der Waals surface area contributed by atoms with Crippen LogP contribution in [0.4, 0.5) is 15.8 Å². The molecule has 0 heterocycles. The van der Waals surface area contributed by atoms with Crippen LogP contribution in [-0.4, -0.2) is 22.5 Å². The van der Waals surface area contributed by atoms with Crippen LogP contribution in [0.3, 0.4) is 0 Å². The number of carboxylic acids is 1. The number of nitrogens with one attached hydrogen (secondary N) is 1. The van der Waals surface area contributed by atoms with Crippen molar-refractivity contribution >= 4 is 17.3 Å². The molecule has 2 N–H and O–H groups in total. The van der Waals surface area contributed by atoms with Gasteiger partial charge in [-0.3, -0.25) is 10.1 Å². The van der Waals surface area contributed by atoms with E-state index in [9.17, 15) is 19.3 Å². The minimum absolute atomic E-state index is 0.0293. The zero-order valence-electron chi connectivity index (χ0n) is 11.6. The van der Waals surface area contributed by atoms with Crippen LogP contribution in [0.1, 0.15) is 36.5 Å². The van der Waals surface area contributed by atoms with Gasteiger partial charge in [0.2, 0.25) is 0 Å². The number of anilines is 1. The van der Waals surface area contributed by atoms with Crippen LogP contribution in [0.15, 0.2) is 12.1 Å². The van der Waals surface area contributed by atoms with Gasteiger partial charge in [-0.05, 0) is 18.3 Å². The molecule has 1 aromatic rings. The second-order valence-corrected chi connectivity index (χ2v) is 5.46. The number of nitro benzene ring substituents is 1. The van der Waals surface area contributed by atoms with Gasteiger partial charge in [0, 0.05) is 18.7 Å². The van der Waals surface area contributed by atoms with Crippen molar-refractivity contribution < 1.29 is 19.2 Å². The van der Waals surface area contributed by atoms with E-state index < -0.39 is 28.0 Å². The molecule has 2 atom stereocenters. The summed E-state index contributed by atoms with van der Waals surface area (Å²) >= 11 is 0. The minimum atomic E-state index is -1.52. The average Bonchev–Trinajstić information content (AvgIpc) is 2.81. The van der Waals surface area contributed by atoms with Crippen molar-refractivity contribution in [3.05, 3.63) is 33.6 Å². The quantitative estimate of drug-likeness (QED) is 0.642. The molecule has 114 valence electrons. The van der Waals surface area contributed by atoms with Crippen LogP contribution >= 0.6 is 0 Å². The molecule has 0 bridgehead atoms. The van der Waals surface area contributed by atoms with Gasteiger partial charge in [0.15, 0.2) is 0 Å². The Morgan fingerprint density at radius 1 is 1.52 bits per heavy atom. The molecule has 1 fully saturated rings. The van der Waals surface area contributed by atoms with E-state index in [-0.39, 0.29) is 5.69 Å². The van der Waals surface area contributed by atoms with Crippen molar-refractivity contribution in [2.75, 3.05) is 11.9 Å². The maximum Gasteiger partial charge on any atom is 0.338 e. The topological polar surface area (TPSA) is 92.5 Å². The number of aromatic carboxylic acids is 1. The Morgan fingerprint density at radius 3 is 2.76 bits per heavy atom. The van der Waals surface area contributed by atoms with E-state index in [0.29, 0.717) is 18.4 Å². The first-order chi connectivity index (χ1) is 9.90. The minimum Gasteiger partial charge on any atom is -0.478 e. The van der Waals surface area contributed by atoms with Crippen molar-refractivity contribution in [2.24, 2.45) is 11.8 Å². The smallest absolute Gasteiger partial charge is 0.338 e. The third kappa shape index (κ3) is 3.29. The van der Waals surface area contributed by atoms with Gasteiger partial charge in [0.05, 0.1) is 4.92 Å². The maximum atomic E-state index is 13.7. The fraction of sp³-hybridized carbons (Fsp3) is 0.500. The lowest BCUT2D eigenvalue weighted by atomic mass is 9.98. The van der Waals surface area contributed by atoms with Gasteiger partial charge >= 0.3 is 5.97 Å². The molecule has 0 saturated heterocycles. The van der Waals surface area contributed by atoms with Gasteiger partial charge in [-0.1, -0.05) is 19.8 Å². The molecule has 1 saturated carbocycles. The number of hydrogen-bond acceptors (Lipinski definition) is 4. The third-order valence-corrected chi connectivity index (χ3v) is 4.11. The average molecular weight is 296 g/mol. The molecule has 6 nitrogen and oxygen atoms in total. The second kappa shape index (κ2) is 6.07. The third-order valence-electron chi connectivity index (χ3n) is 4.11. The maximum absolute atomic E-state index is 13.7. The summed E-state index contributed by atoms with van der Waals surface area (Å²) in [4.78, 5) is 21.2. The Bertz CT molecular complexity index is 576. The van der Waals surface area contributed by atoms with Crippen molar-refractivity contribution in [3.63, 3.8) is 0 Å². The highest BCUT2D eigenvalue weighted by molar-refractivity contribution is 5.90. The van der Waals surface area contributed by atoms with Gasteiger partial charge < -0.3 is 10.4 Å². The van der Waals surface area contributed by atoms with E-state index in [0.717, 1.165) is 31.4 Å². The van der Waals surface area contributed by atoms with Crippen molar-refractivity contribution in [1.82, 2.24) is 0 Å². The number of nitro groups is 1. The number of carboxylic acid groups (broad SMARTS) is 1. The van der Waals surface area contributed by atoms with Crippen LogP contribution in [0.2, 0.25) is 0 Å². The molecule has 0 spiro atoms. The fourth-order valence-electron chi connectivity index (χ4n) is 2.78. The Balaban J connectivity index is 2.23. The molecule has 1 aromatic carbocycles. The Kier molecular flexibility index (Phi) is 4.40. The monoisotopic (exact) mass is 296 g/mol. The highest BCUT2D eigenvalue weighted by Gasteiger charge is 2.25. The number of nitrogens with zero attached hydrogens (tertiary/aromatic N) is 1. The summed E-state index contributed by atoms with van der Waals surface area (Å²) in [6.45, 7) is 2.65. The summed E-state index contributed by atoms with van der Waals surface area (Å²) in [5.41, 5.74) is -1.08. The summed E-state index contributed by atoms with van der Waals surface area (Å²) in [5, 5.41) is 22.7. The van der Waals surface area contributed by atoms with E-state index in [1.54, 1.807) is 0 Å². The van der Waals surface area contributed by atoms with Crippen LogP contribution in [0.5, 0.6) is 0 Å². The zero-order valence-corrected chi connectivity index (χ0v) is 11.6. The molecule has 21 heavy (non-hydrogen) atoms. The molecule has 2 unspecified atom stereocenters. The Labute approximate surface area is 121 Å². The van der Waals surface area contributed by atoms with Crippen LogP contribution in [0.25, 0.3) is 0 Å². The first-order valence-electron chi connectivity index (χ1n) is 6.85. The largest absolute Gasteiger partial charge is 0.478 e. The summed E-state index contributed by atoms with van der Waals surface area (Å²) in [6, 6.07) is 1.65. The van der Waals surface area contributed by atoms with E-state index in [1.165, 1.54) is 0 Å². The Hall–Kier alpha value is -2.18. The summed E-state index contributed by atoms with van der Waals surface area (Å²) < 4.78 is 13.7. The lowest BCUT2D eigenvalue weighted by Crippen LogP contribution is -2.17. The molecular weight excluding hydrogens is 279 g/mol. The van der Waals surface area contributed by atoms with E-state index >= 15 is 0 Å². The van der Waals surface area contributed by atoms with Crippen LogP contribution in [-0.2, 0) is 0 Å². The molecule has 2 rings (SSSR count). The van der Waals surface area contributed by atoms with Gasteiger partial charge in [-0.25, -0.2) is 9.18 Å². The number of rotatable bonds is 5. The molecular formula is C14H17FN2O4. The number of carbonyl (C=O) groups is 1. The van der Waals surface area contributed by atoms with E-state index in [4.69, 9.17) is 5.11 Å². The fourth-order valence-corrected chi connectivity index (χ4v) is 2.78. The first kappa shape index (κ1) is 15.2. The lowest BCUT2D eigenvalue weighted by molar-refractivity contribution is -0.384. The van der Waals surface area contributed by atoms with E-state index in [1.807, 2.05) is 0 Å². The molecule has 1 aliphatic rings. The second-order valence-electron chi connectivity index (χ2n) is 5.46. The number of benzene rings is 1. The molecule has 0 radical (unpaired) electrons. The summed E-state index contributed by atoms with van der Waals surface area (Å²) in [6.07, 6.45) is 3.29. The van der Waals surface area contributed by atoms with Crippen molar-refractivity contribution in [3.8, 4) is 0 Å². The summed E-state index contributed by atoms with van der Waals surface area (Å²) in [5.74, 6) is -1.58. The molecule has 1 aliphatic carbocycles. The molecule has 0 aromatic heterocycles. The normalized spacial score (nSPS) is 21.2. The van der Waals surface area contributed by atoms with Gasteiger partial charge in [0.25, 0.3) is 5.69 Å². The van der Waals surface area contributed by atoms with Crippen LogP contribution < -0.4 is 5.32 Å². The highest BCUT2D eigenvalue weighted by atomic mass is 19.1. The van der Waals surface area contributed by atoms with Gasteiger partial charge in [0.1, 0.15) is 17.1 Å². The standard InChI is InChI=1S/C14H17FN2O4/c1-8-3-2-4-9(8)7-16-12-6-11(15)10(14(18)19)5-13(12)17(20)21/h5-6,8-9,16H,2-4,7H2,1H3,(H,18,19). The highest BCUT2D eigenvalue weighted by Crippen LogP contribution is 2.33. The lowest BCUT2D eigenvalue weighted by Gasteiger charge is -2.17. The Morgan fingerprint density at radius 2 is 2.24 bits per heavy atom. The molecule has 7 heteroatoms. The number of hydrogen-bond donors (Lipinski definition) is 2. The zero-order chi connectivity index (χ0) is 15.6. The van der Waals surface area contributed by atoms with Gasteiger partial charge in [-0.2, -0.15) is 0 Å². The molecule has 0 aliphatic heterocycles. The van der Waals surface area contributed by atoms with Crippen LogP contribution in [0, 0.1) is 27.8 Å². The summed E-state index contributed by atoms with van der Waals surface area (Å²) in [7, 11) is 0. The molecule has 0 amide bonds. The predicted octanol–water partition coefficient (Wildman–Crippen LogP) is 3.28. The SMILES string of the molecule is CC1CCCC1CNc1cc(F)c(C(=O)O)cc1[N+](=O)[O-]. The number of halogens is 1. The van der Waals surface area contributed by atoms with E-state index in [2.05, 4.69) is 12.2 Å². The predicted molar refractivity (Wildman–Crippen MR) is 75.0 cm³/mol.